The van der Waals surface area contributed by atoms with Gasteiger partial charge in [-0.15, -0.1) is 0 Å². The van der Waals surface area contributed by atoms with Crippen molar-refractivity contribution in [2.45, 2.75) is 6.92 Å². The maximum absolute atomic E-state index is 11.6. The number of urea groups is 1. The second-order valence-corrected chi connectivity index (χ2v) is 4.04. The topological polar surface area (TPSA) is 82.2 Å². The SMILES string of the molecule is CNC(=O)N(C(=N)N)c1c(C)cccc1Br. The third kappa shape index (κ3) is 2.33. The van der Waals surface area contributed by atoms with Crippen molar-refractivity contribution < 1.29 is 4.79 Å². The Bertz CT molecular complexity index is 413. The number of guanidine groups is 1. The van der Waals surface area contributed by atoms with E-state index in [1.54, 1.807) is 6.07 Å². The number of benzene rings is 1. The second kappa shape index (κ2) is 4.98. The van der Waals surface area contributed by atoms with Crippen LogP contribution in [0.25, 0.3) is 0 Å². The number of para-hydroxylation sites is 1. The van der Waals surface area contributed by atoms with Gasteiger partial charge in [0.05, 0.1) is 5.69 Å². The molecule has 0 unspecified atom stereocenters. The summed E-state index contributed by atoms with van der Waals surface area (Å²) in [5, 5.41) is 9.88. The van der Waals surface area contributed by atoms with Crippen molar-refractivity contribution in [3.8, 4) is 0 Å². The number of halogens is 1. The first-order valence-corrected chi connectivity index (χ1v) is 5.39. The average Bonchev–Trinajstić information content (AvgIpc) is 2.22. The number of hydrogen-bond donors (Lipinski definition) is 3. The molecule has 0 fully saturated rings. The summed E-state index contributed by atoms with van der Waals surface area (Å²) >= 11 is 3.34. The lowest BCUT2D eigenvalue weighted by atomic mass is 10.2. The minimum Gasteiger partial charge on any atom is -0.369 e. The second-order valence-electron chi connectivity index (χ2n) is 3.18. The van der Waals surface area contributed by atoms with Crippen molar-refractivity contribution >= 4 is 33.6 Å². The molecule has 5 nitrogen and oxygen atoms in total. The molecule has 16 heavy (non-hydrogen) atoms. The Morgan fingerprint density at radius 3 is 2.62 bits per heavy atom. The summed E-state index contributed by atoms with van der Waals surface area (Å²) < 4.78 is 0.714. The molecule has 0 aliphatic heterocycles. The van der Waals surface area contributed by atoms with Crippen LogP contribution in [0.1, 0.15) is 5.56 Å². The number of amides is 2. The van der Waals surface area contributed by atoms with Gasteiger partial charge in [0.25, 0.3) is 0 Å². The van der Waals surface area contributed by atoms with Crippen molar-refractivity contribution in [3.05, 3.63) is 28.2 Å². The zero-order chi connectivity index (χ0) is 12.3. The van der Waals surface area contributed by atoms with Crippen molar-refractivity contribution in [3.63, 3.8) is 0 Å². The molecule has 6 heteroatoms. The van der Waals surface area contributed by atoms with Crippen LogP contribution in [0.5, 0.6) is 0 Å². The van der Waals surface area contributed by atoms with E-state index in [-0.39, 0.29) is 5.96 Å². The fourth-order valence-corrected chi connectivity index (χ4v) is 1.99. The standard InChI is InChI=1S/C10H13BrN4O/c1-6-4-3-5-7(11)8(6)15(9(12)13)10(16)14-2/h3-5H,1-2H3,(H3,12,13)(H,14,16). The molecule has 0 radical (unpaired) electrons. The van der Waals surface area contributed by atoms with Gasteiger partial charge in [-0.05, 0) is 34.5 Å². The van der Waals surface area contributed by atoms with Crippen molar-refractivity contribution in [1.82, 2.24) is 5.32 Å². The predicted octanol–water partition coefficient (Wildman–Crippen LogP) is 1.80. The molecule has 2 amide bonds. The van der Waals surface area contributed by atoms with Crippen LogP contribution >= 0.6 is 15.9 Å². The number of nitrogens with zero attached hydrogens (tertiary/aromatic N) is 1. The van der Waals surface area contributed by atoms with Crippen molar-refractivity contribution in [1.29, 1.82) is 5.41 Å². The lowest BCUT2D eigenvalue weighted by Gasteiger charge is -2.23. The van der Waals surface area contributed by atoms with Gasteiger partial charge in [0, 0.05) is 11.5 Å². The van der Waals surface area contributed by atoms with E-state index in [2.05, 4.69) is 21.2 Å². The Kier molecular flexibility index (Phi) is 3.89. The van der Waals surface area contributed by atoms with Crippen LogP contribution in [0.2, 0.25) is 0 Å². The van der Waals surface area contributed by atoms with Gasteiger partial charge in [-0.1, -0.05) is 12.1 Å². The molecule has 1 aromatic carbocycles. The summed E-state index contributed by atoms with van der Waals surface area (Å²) in [7, 11) is 1.49. The first kappa shape index (κ1) is 12.5. The molecule has 0 bridgehead atoms. The van der Waals surface area contributed by atoms with E-state index in [9.17, 15) is 4.79 Å². The Morgan fingerprint density at radius 2 is 2.19 bits per heavy atom. The van der Waals surface area contributed by atoms with Crippen LogP contribution in [0.15, 0.2) is 22.7 Å². The quantitative estimate of drug-likeness (QED) is 0.543. The summed E-state index contributed by atoms with van der Waals surface area (Å²) in [5.41, 5.74) is 6.84. The van der Waals surface area contributed by atoms with Gasteiger partial charge in [0.2, 0.25) is 5.96 Å². The first-order valence-electron chi connectivity index (χ1n) is 4.60. The van der Waals surface area contributed by atoms with Gasteiger partial charge in [0.1, 0.15) is 0 Å². The van der Waals surface area contributed by atoms with Crippen LogP contribution in [-0.2, 0) is 0 Å². The molecule has 1 rings (SSSR count). The van der Waals surface area contributed by atoms with E-state index >= 15 is 0 Å². The third-order valence-electron chi connectivity index (χ3n) is 2.07. The fraction of sp³-hybridized carbons (Fsp3) is 0.200. The monoisotopic (exact) mass is 284 g/mol. The number of nitrogens with two attached hydrogens (primary N) is 1. The Morgan fingerprint density at radius 1 is 1.56 bits per heavy atom. The van der Waals surface area contributed by atoms with E-state index in [1.165, 1.54) is 7.05 Å². The van der Waals surface area contributed by atoms with E-state index in [0.717, 1.165) is 10.5 Å². The summed E-state index contributed by atoms with van der Waals surface area (Å²) in [5.74, 6) is -0.325. The zero-order valence-electron chi connectivity index (χ0n) is 9.04. The molecular weight excluding hydrogens is 272 g/mol. The van der Waals surface area contributed by atoms with Crippen molar-refractivity contribution in [2.75, 3.05) is 11.9 Å². The summed E-state index contributed by atoms with van der Waals surface area (Å²) in [6, 6.07) is 5.05. The number of carbonyl (C=O) groups is 1. The van der Waals surface area contributed by atoms with Crippen molar-refractivity contribution in [2.24, 2.45) is 5.73 Å². The highest BCUT2D eigenvalue weighted by Gasteiger charge is 2.21. The van der Waals surface area contributed by atoms with Crippen LogP contribution < -0.4 is 16.0 Å². The molecule has 0 saturated heterocycles. The molecule has 0 aromatic heterocycles. The first-order chi connectivity index (χ1) is 7.49. The van der Waals surface area contributed by atoms with Gasteiger partial charge in [0.15, 0.2) is 0 Å². The highest BCUT2D eigenvalue weighted by molar-refractivity contribution is 9.10. The van der Waals surface area contributed by atoms with Gasteiger partial charge in [-0.25, -0.2) is 9.69 Å². The van der Waals surface area contributed by atoms with E-state index in [1.807, 2.05) is 19.1 Å². The Balaban J connectivity index is 3.32. The van der Waals surface area contributed by atoms with Crippen LogP contribution in [0, 0.1) is 12.3 Å². The minimum atomic E-state index is -0.442. The molecular formula is C10H13BrN4O. The van der Waals surface area contributed by atoms with Crippen LogP contribution in [0.4, 0.5) is 10.5 Å². The number of carbonyl (C=O) groups excluding carboxylic acids is 1. The van der Waals surface area contributed by atoms with E-state index < -0.39 is 6.03 Å². The lowest BCUT2D eigenvalue weighted by molar-refractivity contribution is 0.251. The van der Waals surface area contributed by atoms with Gasteiger partial charge >= 0.3 is 6.03 Å². The maximum Gasteiger partial charge on any atom is 0.328 e. The highest BCUT2D eigenvalue weighted by atomic mass is 79.9. The predicted molar refractivity (Wildman–Crippen MR) is 67.7 cm³/mol. The summed E-state index contributed by atoms with van der Waals surface area (Å²) in [6.07, 6.45) is 0. The maximum atomic E-state index is 11.6. The Labute approximate surface area is 102 Å². The van der Waals surface area contributed by atoms with Gasteiger partial charge < -0.3 is 11.1 Å². The molecule has 1 aromatic rings. The number of aryl methyl sites for hydroxylation is 1. The molecule has 86 valence electrons. The van der Waals surface area contributed by atoms with Gasteiger partial charge in [-0.2, -0.15) is 0 Å². The number of hydrogen-bond acceptors (Lipinski definition) is 2. The smallest absolute Gasteiger partial charge is 0.328 e. The third-order valence-corrected chi connectivity index (χ3v) is 2.71. The molecule has 0 atom stereocenters. The Hall–Kier alpha value is -1.56. The minimum absolute atomic E-state index is 0.325. The van der Waals surface area contributed by atoms with E-state index in [4.69, 9.17) is 11.1 Å². The summed E-state index contributed by atoms with van der Waals surface area (Å²) in [6.45, 7) is 1.85. The largest absolute Gasteiger partial charge is 0.369 e. The lowest BCUT2D eigenvalue weighted by Crippen LogP contribution is -2.46. The molecule has 4 N–H and O–H groups in total. The average molecular weight is 285 g/mol. The molecule has 0 aliphatic carbocycles. The fourth-order valence-electron chi connectivity index (χ4n) is 1.35. The number of anilines is 1. The molecule has 0 saturated carbocycles. The highest BCUT2D eigenvalue weighted by Crippen LogP contribution is 2.29. The van der Waals surface area contributed by atoms with Crippen LogP contribution in [0.3, 0.4) is 0 Å². The number of rotatable bonds is 1. The molecule has 0 aliphatic rings. The van der Waals surface area contributed by atoms with E-state index in [0.29, 0.717) is 10.2 Å². The zero-order valence-corrected chi connectivity index (χ0v) is 10.6. The summed E-state index contributed by atoms with van der Waals surface area (Å²) in [4.78, 5) is 12.7. The normalized spacial score (nSPS) is 9.69. The molecule has 0 heterocycles. The molecule has 0 spiro atoms. The number of nitrogens with one attached hydrogen (secondary N) is 2. The van der Waals surface area contributed by atoms with Crippen LogP contribution in [-0.4, -0.2) is 19.0 Å². The van der Waals surface area contributed by atoms with Gasteiger partial charge in [-0.3, -0.25) is 5.41 Å².